The molecule has 98 valence electrons. The zero-order valence-corrected chi connectivity index (χ0v) is 10.4. The quantitative estimate of drug-likeness (QED) is 0.731. The van der Waals surface area contributed by atoms with E-state index in [1.54, 1.807) is 0 Å². The highest BCUT2D eigenvalue weighted by Crippen LogP contribution is 2.41. The van der Waals surface area contributed by atoms with Crippen LogP contribution >= 0.6 is 0 Å². The number of fused-ring (bicyclic) bond motifs is 4. The van der Waals surface area contributed by atoms with Crippen LogP contribution in [-0.2, 0) is 5.54 Å². The molecule has 0 atom stereocenters. The molecule has 6 nitrogen and oxygen atoms in total. The van der Waals surface area contributed by atoms with Gasteiger partial charge in [0, 0.05) is 18.1 Å². The molecule has 2 aliphatic rings. The fourth-order valence-electron chi connectivity index (χ4n) is 3.53. The molecule has 1 aliphatic carbocycles. The predicted octanol–water partition coefficient (Wildman–Crippen LogP) is 0.737. The summed E-state index contributed by atoms with van der Waals surface area (Å²) in [5.41, 5.74) is 0.918. The third-order valence-electron chi connectivity index (χ3n) is 4.40. The molecule has 0 bridgehead atoms. The number of nitrogens with one attached hydrogen (secondary N) is 2. The number of rotatable bonds is 0. The number of carbonyl (C=O) groups is 1. The minimum absolute atomic E-state index is 0.0741. The van der Waals surface area contributed by atoms with Gasteiger partial charge in [0.05, 0.1) is 5.54 Å². The first-order valence-corrected chi connectivity index (χ1v) is 6.59. The fourth-order valence-corrected chi connectivity index (χ4v) is 3.53. The fraction of sp³-hybridized carbons (Fsp3) is 0.462. The summed E-state index contributed by atoms with van der Waals surface area (Å²) >= 11 is 0. The zero-order valence-electron chi connectivity index (χ0n) is 10.4. The van der Waals surface area contributed by atoms with E-state index in [4.69, 9.17) is 0 Å². The first-order chi connectivity index (χ1) is 9.20. The molecule has 1 aliphatic heterocycles. The lowest BCUT2D eigenvalue weighted by molar-refractivity contribution is 0.0876. The van der Waals surface area contributed by atoms with Crippen LogP contribution in [-0.4, -0.2) is 27.0 Å². The lowest BCUT2D eigenvalue weighted by Gasteiger charge is -2.37. The number of aromatic amines is 1. The van der Waals surface area contributed by atoms with Crippen molar-refractivity contribution in [2.45, 2.75) is 31.2 Å². The zero-order chi connectivity index (χ0) is 13.0. The van der Waals surface area contributed by atoms with E-state index >= 15 is 0 Å². The topological polar surface area (TPSA) is 79.8 Å². The number of aromatic nitrogens is 3. The molecule has 1 spiro atoms. The van der Waals surface area contributed by atoms with E-state index in [-0.39, 0.29) is 17.1 Å². The van der Waals surface area contributed by atoms with Crippen LogP contribution in [0.3, 0.4) is 0 Å². The van der Waals surface area contributed by atoms with E-state index in [0.717, 1.165) is 36.7 Å². The van der Waals surface area contributed by atoms with Gasteiger partial charge in [-0.15, -0.1) is 0 Å². The van der Waals surface area contributed by atoms with E-state index in [2.05, 4.69) is 15.3 Å². The Balaban J connectivity index is 2.09. The maximum absolute atomic E-state index is 12.0. The van der Waals surface area contributed by atoms with Gasteiger partial charge in [0.25, 0.3) is 5.91 Å². The summed E-state index contributed by atoms with van der Waals surface area (Å²) in [5.74, 6) is -0.0745. The molecule has 0 unspecified atom stereocenters. The normalized spacial score (nSPS) is 20.7. The number of H-pyrrole nitrogens is 1. The van der Waals surface area contributed by atoms with Crippen LogP contribution in [0.1, 0.15) is 36.2 Å². The molecule has 3 heterocycles. The van der Waals surface area contributed by atoms with Gasteiger partial charge in [-0.2, -0.15) is 0 Å². The molecule has 2 aromatic rings. The van der Waals surface area contributed by atoms with Crippen LogP contribution in [0.2, 0.25) is 0 Å². The molecule has 1 fully saturated rings. The Labute approximate surface area is 108 Å². The van der Waals surface area contributed by atoms with Crippen molar-refractivity contribution in [3.05, 3.63) is 28.4 Å². The molecule has 19 heavy (non-hydrogen) atoms. The Morgan fingerprint density at radius 2 is 2.05 bits per heavy atom. The van der Waals surface area contributed by atoms with Gasteiger partial charge in [0.1, 0.15) is 11.3 Å². The van der Waals surface area contributed by atoms with Gasteiger partial charge >= 0.3 is 5.69 Å². The van der Waals surface area contributed by atoms with Crippen molar-refractivity contribution in [1.82, 2.24) is 19.9 Å². The molecule has 0 saturated heterocycles. The summed E-state index contributed by atoms with van der Waals surface area (Å²) < 4.78 is 2.04. The highest BCUT2D eigenvalue weighted by atomic mass is 16.2. The molecule has 6 heteroatoms. The first kappa shape index (κ1) is 10.8. The summed E-state index contributed by atoms with van der Waals surface area (Å²) in [6.07, 6.45) is 5.92. The molecule has 1 amide bonds. The lowest BCUT2D eigenvalue weighted by Crippen LogP contribution is -2.50. The molecule has 1 saturated carbocycles. The number of nitrogens with zero attached hydrogens (tertiary/aromatic N) is 2. The summed E-state index contributed by atoms with van der Waals surface area (Å²) in [5, 5.41) is 3.79. The van der Waals surface area contributed by atoms with Crippen molar-refractivity contribution in [1.29, 1.82) is 0 Å². The van der Waals surface area contributed by atoms with Gasteiger partial charge in [-0.25, -0.2) is 9.78 Å². The van der Waals surface area contributed by atoms with Crippen molar-refractivity contribution >= 4 is 16.9 Å². The number of carbonyl (C=O) groups excluding carboxylic acids is 1. The highest BCUT2D eigenvalue weighted by molar-refractivity contribution is 5.99. The van der Waals surface area contributed by atoms with Crippen molar-refractivity contribution in [2.24, 2.45) is 0 Å². The molecular weight excluding hydrogens is 244 g/mol. The highest BCUT2D eigenvalue weighted by Gasteiger charge is 2.42. The van der Waals surface area contributed by atoms with Crippen LogP contribution in [0.4, 0.5) is 0 Å². The van der Waals surface area contributed by atoms with Crippen molar-refractivity contribution in [3.63, 3.8) is 0 Å². The second-order valence-electron chi connectivity index (χ2n) is 5.47. The third kappa shape index (κ3) is 1.34. The summed E-state index contributed by atoms with van der Waals surface area (Å²) in [6, 6.07) is 1.81. The standard InChI is InChI=1S/C13H14N4O2/c18-11-9-5-8-6-14-12(19)16-10(8)17(9)13(7-15-11)3-1-2-4-13/h5-6H,1-4,7H2,(H,15,18)(H,14,16,19). The number of hydrogen-bond donors (Lipinski definition) is 2. The van der Waals surface area contributed by atoms with Crippen molar-refractivity contribution in [3.8, 4) is 0 Å². The largest absolute Gasteiger partial charge is 0.348 e. The SMILES string of the molecule is O=C1NCC2(CCCC2)n2c1cc1cnc(=O)[nH]c12. The summed E-state index contributed by atoms with van der Waals surface area (Å²) in [4.78, 5) is 30.0. The number of amides is 1. The van der Waals surface area contributed by atoms with Crippen LogP contribution in [0, 0.1) is 0 Å². The second kappa shape index (κ2) is 3.46. The molecule has 0 radical (unpaired) electrons. The molecular formula is C13H14N4O2. The monoisotopic (exact) mass is 258 g/mol. The van der Waals surface area contributed by atoms with Crippen LogP contribution in [0.15, 0.2) is 17.1 Å². The second-order valence-corrected chi connectivity index (χ2v) is 5.47. The summed E-state index contributed by atoms with van der Waals surface area (Å²) in [7, 11) is 0. The first-order valence-electron chi connectivity index (χ1n) is 6.59. The van der Waals surface area contributed by atoms with E-state index in [1.165, 1.54) is 6.20 Å². The van der Waals surface area contributed by atoms with Crippen LogP contribution < -0.4 is 11.0 Å². The van der Waals surface area contributed by atoms with Gasteiger partial charge in [0.15, 0.2) is 0 Å². The minimum atomic E-state index is -0.368. The smallest absolute Gasteiger partial charge is 0.346 e. The van der Waals surface area contributed by atoms with E-state index in [0.29, 0.717) is 12.2 Å². The van der Waals surface area contributed by atoms with Crippen LogP contribution in [0.25, 0.3) is 11.0 Å². The Bertz CT molecular complexity index is 737. The van der Waals surface area contributed by atoms with E-state index < -0.39 is 0 Å². The van der Waals surface area contributed by atoms with Gasteiger partial charge in [0.2, 0.25) is 0 Å². The average Bonchev–Trinajstić information content (AvgIpc) is 2.99. The lowest BCUT2D eigenvalue weighted by atomic mass is 9.94. The molecule has 2 aromatic heterocycles. The van der Waals surface area contributed by atoms with Gasteiger partial charge in [-0.05, 0) is 18.9 Å². The Hall–Kier alpha value is -2.11. The molecule has 0 aromatic carbocycles. The van der Waals surface area contributed by atoms with Gasteiger partial charge in [-0.1, -0.05) is 12.8 Å². The Morgan fingerprint density at radius 1 is 1.26 bits per heavy atom. The maximum Gasteiger partial charge on any atom is 0.346 e. The molecule has 2 N–H and O–H groups in total. The third-order valence-corrected chi connectivity index (χ3v) is 4.40. The molecule has 4 rings (SSSR count). The van der Waals surface area contributed by atoms with E-state index in [1.807, 2.05) is 10.6 Å². The summed E-state index contributed by atoms with van der Waals surface area (Å²) in [6.45, 7) is 0.646. The van der Waals surface area contributed by atoms with Gasteiger partial charge < -0.3 is 9.88 Å². The Kier molecular flexibility index (Phi) is 1.97. The Morgan fingerprint density at radius 3 is 2.84 bits per heavy atom. The average molecular weight is 258 g/mol. The van der Waals surface area contributed by atoms with E-state index in [9.17, 15) is 9.59 Å². The van der Waals surface area contributed by atoms with Crippen molar-refractivity contribution in [2.75, 3.05) is 6.54 Å². The van der Waals surface area contributed by atoms with Gasteiger partial charge in [-0.3, -0.25) is 9.78 Å². The number of hydrogen-bond acceptors (Lipinski definition) is 3. The predicted molar refractivity (Wildman–Crippen MR) is 69.1 cm³/mol. The van der Waals surface area contributed by atoms with Crippen LogP contribution in [0.5, 0.6) is 0 Å². The van der Waals surface area contributed by atoms with Crippen molar-refractivity contribution < 1.29 is 4.79 Å². The minimum Gasteiger partial charge on any atom is -0.348 e. The maximum atomic E-state index is 12.0.